The molecule has 734 valence electrons. The molecule has 8 saturated heterocycles. The lowest BCUT2D eigenvalue weighted by molar-refractivity contribution is -0.137. The topological polar surface area (TPSA) is 363 Å². The first-order valence-corrected chi connectivity index (χ1v) is 51.2. The smallest absolute Gasteiger partial charge is 0.303 e. The Labute approximate surface area is 848 Å². The molecule has 16 heterocycles. The SMILES string of the molecule is CC(=O)c1nn([C@H](C)c2ccc(Cl)cc2Cl)c2nc(N3CC([C@@H]4CCCN(CCCC(=O)O)C4)C3)cnc12.C[C@H](c1ccc(Cl)cc1Cl)n1nc(C#N)c2ncc(N3CC([C@@H]4CCCN(CCO)C4)C3)nc21.C[C@H](c1ccc(Cl)cc1Cl)n1nc(C#N)c2ncc(N3CC([C@H]4CCCN(CCO)C4)C3)nc21.Cc1nn([C@H](C)c2ccc(Cl)cc2Cl)c2nc(N3CC([C@@H]4CCCN(CCO)C4)C3)ncc12. The molecule has 0 saturated carbocycles. The number of carboxylic acids is 1. The van der Waals surface area contributed by atoms with Gasteiger partial charge >= 0.3 is 5.97 Å². The van der Waals surface area contributed by atoms with Gasteiger partial charge in [-0.1, -0.05) is 117 Å². The minimum atomic E-state index is -0.728. The monoisotopic (exact) mass is 2040 g/mol. The van der Waals surface area contributed by atoms with E-state index in [0.717, 1.165) is 200 Å². The summed E-state index contributed by atoms with van der Waals surface area (Å²) in [5.41, 5.74) is 9.17. The fraction of sp³-hybridized carbons (Fsp3) is 0.515. The van der Waals surface area contributed by atoms with Gasteiger partial charge in [0.1, 0.15) is 46.1 Å². The van der Waals surface area contributed by atoms with Crippen molar-refractivity contribution in [2.45, 2.75) is 130 Å². The fourth-order valence-corrected chi connectivity index (χ4v) is 23.5. The zero-order chi connectivity index (χ0) is 97.7. The molecule has 8 fully saturated rings. The molecule has 0 spiro atoms. The van der Waals surface area contributed by atoms with Gasteiger partial charge in [-0.2, -0.15) is 35.9 Å². The summed E-state index contributed by atoms with van der Waals surface area (Å²) >= 11 is 50.2. The summed E-state index contributed by atoms with van der Waals surface area (Å²) < 4.78 is 7.12. The van der Waals surface area contributed by atoms with Crippen LogP contribution in [0.3, 0.4) is 0 Å². The Morgan fingerprint density at radius 2 is 0.727 bits per heavy atom. The lowest BCUT2D eigenvalue weighted by Gasteiger charge is -2.47. The number of halogens is 8. The van der Waals surface area contributed by atoms with Crippen molar-refractivity contribution in [3.8, 4) is 12.1 Å². The third kappa shape index (κ3) is 22.6. The van der Waals surface area contributed by atoms with Gasteiger partial charge in [-0.05, 0) is 243 Å². The van der Waals surface area contributed by atoms with Crippen molar-refractivity contribution in [2.24, 2.45) is 47.3 Å². The number of anilines is 4. The number of carboxylic acid groups (broad SMARTS) is 1. The Balaban J connectivity index is 0.000000128. The number of likely N-dealkylation sites (tertiary alicyclic amines) is 4. The van der Waals surface area contributed by atoms with E-state index in [1.807, 2.05) is 68.9 Å². The highest BCUT2D eigenvalue weighted by molar-refractivity contribution is 6.37. The number of hydrogen-bond acceptors (Lipinski definition) is 27. The van der Waals surface area contributed by atoms with E-state index < -0.39 is 5.97 Å². The molecule has 0 aliphatic carbocycles. The summed E-state index contributed by atoms with van der Waals surface area (Å²) in [4.78, 5) is 79.7. The molecule has 12 aromatic rings. The van der Waals surface area contributed by atoms with Crippen molar-refractivity contribution in [1.82, 2.24) is 98.6 Å². The number of aliphatic hydroxyl groups is 3. The Bertz CT molecular complexity index is 6310. The van der Waals surface area contributed by atoms with E-state index in [2.05, 4.69) is 93.5 Å². The predicted molar refractivity (Wildman–Crippen MR) is 544 cm³/mol. The zero-order valence-corrected chi connectivity index (χ0v) is 84.8. The van der Waals surface area contributed by atoms with Gasteiger partial charge < -0.3 is 59.6 Å². The van der Waals surface area contributed by atoms with E-state index in [1.54, 1.807) is 75.1 Å². The number of aliphatic hydroxyl groups excluding tert-OH is 3. The Morgan fingerprint density at radius 1 is 0.403 bits per heavy atom. The van der Waals surface area contributed by atoms with Crippen molar-refractivity contribution in [3.63, 3.8) is 0 Å². The molecule has 20 rings (SSSR count). The number of aryl methyl sites for hydroxylation is 1. The fourth-order valence-electron chi connectivity index (χ4n) is 21.3. The van der Waals surface area contributed by atoms with Crippen LogP contribution in [0.4, 0.5) is 23.4 Å². The average molecular weight is 2050 g/mol. The van der Waals surface area contributed by atoms with Crippen LogP contribution in [0.1, 0.15) is 173 Å². The second kappa shape index (κ2) is 44.9. The largest absolute Gasteiger partial charge is 0.481 e. The molecule has 40 heteroatoms. The van der Waals surface area contributed by atoms with E-state index >= 15 is 0 Å². The predicted octanol–water partition coefficient (Wildman–Crippen LogP) is 16.7. The van der Waals surface area contributed by atoms with Crippen molar-refractivity contribution >= 4 is 172 Å². The number of aromatic nitrogens is 16. The minimum Gasteiger partial charge on any atom is -0.481 e. The molecule has 4 aromatic carbocycles. The Morgan fingerprint density at radius 3 is 1.06 bits per heavy atom. The summed E-state index contributed by atoms with van der Waals surface area (Å²) in [6, 6.07) is 25.1. The first-order valence-electron chi connectivity index (χ1n) is 48.1. The van der Waals surface area contributed by atoms with Crippen LogP contribution in [-0.4, -0.2) is 281 Å². The number of carbonyl (C=O) groups is 2. The maximum absolute atomic E-state index is 12.3. The Hall–Kier alpha value is -9.56. The van der Waals surface area contributed by atoms with Crippen molar-refractivity contribution in [1.29, 1.82) is 10.5 Å². The molecule has 32 nitrogen and oxygen atoms in total. The molecule has 4 N–H and O–H groups in total. The molecule has 139 heavy (non-hydrogen) atoms. The number of nitrogens with zero attached hydrogens (tertiary/aromatic N) is 26. The van der Waals surface area contributed by atoms with Crippen LogP contribution in [-0.2, 0) is 4.79 Å². The molecule has 0 radical (unpaired) electrons. The standard InChI is InChI=1S/C27H32Cl2N6O3.2C24H27Cl2N7O.C24H30Cl2N6O/c1-16(21-8-7-20(28)11-22(21)29)35-27-26(25(32-35)17(2)36)30-12-23(31-27)34-14-19(15-34)18-5-3-9-33(13-18)10-4-6-24(37)38;2*1-15(19-5-4-18(25)9-20(19)26)33-24-23(21(10-27)30-33)28-11-22(29-24)32-13-17(14-32)16-3-2-6-31(12-16)7-8-34;1-15-21-11-27-24(31-13-18(14-31)17-4-3-7-30(12-17)8-9-33)28-23(21)32(29-15)16(2)20-6-5-19(25)10-22(20)26/h7-8,11-12,16,18-19H,3-6,9-10,13-15H2,1-2H3,(H,37,38);2*4-5,9,11,15-17,34H,2-3,6-8,12-14H2,1H3;5-6,10-11,16-18,33H,3-4,7-9,12-14H2,1-2H3/t16-,18-;15-,16+;15-,16-;16-,17-/m1111/s1. The zero-order valence-electron chi connectivity index (χ0n) is 78.8. The summed E-state index contributed by atoms with van der Waals surface area (Å²) in [7, 11) is 0. The number of carbonyl (C=O) groups excluding carboxylic acids is 1. The van der Waals surface area contributed by atoms with Gasteiger partial charge in [0.2, 0.25) is 5.95 Å². The quantitative estimate of drug-likeness (QED) is 0.0347. The van der Waals surface area contributed by atoms with Crippen molar-refractivity contribution < 1.29 is 30.0 Å². The summed E-state index contributed by atoms with van der Waals surface area (Å²) in [6.45, 7) is 31.3. The normalized spacial score (nSPS) is 20.2. The third-order valence-corrected chi connectivity index (χ3v) is 31.5. The number of rotatable bonds is 27. The second-order valence-electron chi connectivity index (χ2n) is 38.3. The number of piperidine rings is 4. The molecular formula is C99H116Cl8N26O6. The maximum Gasteiger partial charge on any atom is 0.303 e. The van der Waals surface area contributed by atoms with E-state index in [9.17, 15) is 35.4 Å². The van der Waals surface area contributed by atoms with Gasteiger partial charge in [-0.3, -0.25) is 9.59 Å². The van der Waals surface area contributed by atoms with Crippen LogP contribution in [0.5, 0.6) is 0 Å². The highest BCUT2D eigenvalue weighted by atomic mass is 35.5. The number of fused-ring (bicyclic) bond motifs is 4. The molecule has 8 aliphatic rings. The van der Waals surface area contributed by atoms with E-state index in [-0.39, 0.29) is 67.6 Å². The molecule has 0 amide bonds. The Kier molecular flexibility index (Phi) is 32.6. The lowest BCUT2D eigenvalue weighted by Crippen LogP contribution is -2.54. The number of benzene rings is 4. The van der Waals surface area contributed by atoms with E-state index in [0.29, 0.717) is 133 Å². The molecule has 8 aromatic heterocycles. The molecular weight excluding hydrogens is 1930 g/mol. The highest BCUT2D eigenvalue weighted by Crippen LogP contribution is 2.43. The summed E-state index contributed by atoms with van der Waals surface area (Å²) in [5, 5.41) is 79.8. The maximum atomic E-state index is 12.3. The number of aliphatic carboxylic acids is 1. The van der Waals surface area contributed by atoms with Gasteiger partial charge in [-0.15, -0.1) is 0 Å². The minimum absolute atomic E-state index is 0.0856. The number of Topliss-reactive ketones (excluding diaryl/α,β-unsaturated/α-hetero) is 1. The number of nitriles is 2. The van der Waals surface area contributed by atoms with Crippen molar-refractivity contribution in [3.05, 3.63) is 183 Å². The van der Waals surface area contributed by atoms with Gasteiger partial charge in [0, 0.05) is 158 Å². The first-order chi connectivity index (χ1) is 67.1. The van der Waals surface area contributed by atoms with E-state index in [4.69, 9.17) is 123 Å². The molecule has 8 aliphatic heterocycles. The van der Waals surface area contributed by atoms with Crippen LogP contribution in [0.15, 0.2) is 97.6 Å². The highest BCUT2D eigenvalue weighted by Gasteiger charge is 2.43. The van der Waals surface area contributed by atoms with Crippen molar-refractivity contribution in [2.75, 3.05) is 170 Å². The van der Waals surface area contributed by atoms with Gasteiger partial charge in [0.05, 0.1) is 73.7 Å². The number of hydrogen-bond donors (Lipinski definition) is 4. The molecule has 0 unspecified atom stereocenters. The van der Waals surface area contributed by atoms with Crippen LogP contribution < -0.4 is 19.6 Å². The van der Waals surface area contributed by atoms with Crippen LogP contribution >= 0.6 is 92.8 Å². The molecule has 0 bridgehead atoms. The van der Waals surface area contributed by atoms with Crippen LogP contribution in [0.2, 0.25) is 40.2 Å². The summed E-state index contributed by atoms with van der Waals surface area (Å²) in [5.74, 6) is 7.28. The van der Waals surface area contributed by atoms with Gasteiger partial charge in [0.15, 0.2) is 45.5 Å². The summed E-state index contributed by atoms with van der Waals surface area (Å²) in [6.07, 6.45) is 17.7. The van der Waals surface area contributed by atoms with Gasteiger partial charge in [0.25, 0.3) is 0 Å². The number of β-amino-alcohol motifs (C(OH)–C–C–N with tert-alkyl or cyclic N) is 3. The third-order valence-electron chi connectivity index (χ3n) is 29.3. The van der Waals surface area contributed by atoms with Gasteiger partial charge in [-0.25, -0.2) is 53.6 Å². The van der Waals surface area contributed by atoms with E-state index in [1.165, 1.54) is 51.9 Å². The first kappa shape index (κ1) is 101. The second-order valence-corrected chi connectivity index (χ2v) is 41.7. The lowest BCUT2D eigenvalue weighted by atomic mass is 9.80. The van der Waals surface area contributed by atoms with Crippen LogP contribution in [0, 0.1) is 76.9 Å². The molecule has 8 atom stereocenters. The average Bonchev–Trinajstić information content (AvgIpc) is 1.74. The number of ketones is 1. The van der Waals surface area contributed by atoms with Crippen LogP contribution in [0.25, 0.3) is 44.5 Å².